The van der Waals surface area contributed by atoms with Crippen LogP contribution in [0.2, 0.25) is 0 Å². The van der Waals surface area contributed by atoms with Gasteiger partial charge in [-0.1, -0.05) is 19.1 Å². The average molecular weight is 230 g/mol. The molecule has 0 bridgehead atoms. The Kier molecular flexibility index (Phi) is 3.47. The lowest BCUT2D eigenvalue weighted by Gasteiger charge is -2.09. The molecule has 1 aromatic carbocycles. The second kappa shape index (κ2) is 5.04. The minimum atomic E-state index is 0.869. The Morgan fingerprint density at radius 1 is 1.35 bits per heavy atom. The van der Waals surface area contributed by atoms with E-state index in [4.69, 9.17) is 4.74 Å². The van der Waals surface area contributed by atoms with Crippen molar-refractivity contribution in [3.8, 4) is 5.75 Å². The molecule has 0 unspecified atom stereocenters. The number of aromatic nitrogens is 2. The number of rotatable bonds is 4. The van der Waals surface area contributed by atoms with E-state index in [0.29, 0.717) is 0 Å². The van der Waals surface area contributed by atoms with Crippen molar-refractivity contribution >= 4 is 0 Å². The maximum Gasteiger partial charge on any atom is 0.121 e. The van der Waals surface area contributed by atoms with Crippen LogP contribution in [0.4, 0.5) is 0 Å². The van der Waals surface area contributed by atoms with Crippen molar-refractivity contribution in [1.82, 2.24) is 9.55 Å². The van der Waals surface area contributed by atoms with Crippen LogP contribution in [0.1, 0.15) is 23.7 Å². The van der Waals surface area contributed by atoms with Crippen molar-refractivity contribution in [1.29, 1.82) is 0 Å². The molecule has 17 heavy (non-hydrogen) atoms. The Morgan fingerprint density at radius 3 is 2.82 bits per heavy atom. The molecule has 1 aromatic heterocycles. The molecule has 0 atom stereocenters. The summed E-state index contributed by atoms with van der Waals surface area (Å²) in [6.07, 6.45) is 4.82. The highest BCUT2D eigenvalue weighted by Crippen LogP contribution is 2.19. The largest absolute Gasteiger partial charge is 0.496 e. The van der Waals surface area contributed by atoms with Gasteiger partial charge in [0.25, 0.3) is 0 Å². The third-order valence-corrected chi connectivity index (χ3v) is 2.97. The van der Waals surface area contributed by atoms with E-state index in [1.807, 2.05) is 18.6 Å². The third-order valence-electron chi connectivity index (χ3n) is 2.97. The quantitative estimate of drug-likeness (QED) is 0.807. The summed E-state index contributed by atoms with van der Waals surface area (Å²) in [4.78, 5) is 4.18. The summed E-state index contributed by atoms with van der Waals surface area (Å²) in [5.41, 5.74) is 3.71. The molecule has 0 aliphatic carbocycles. The van der Waals surface area contributed by atoms with Crippen molar-refractivity contribution in [2.24, 2.45) is 0 Å². The molecule has 0 amide bonds. The fourth-order valence-electron chi connectivity index (χ4n) is 2.02. The molecule has 2 rings (SSSR count). The monoisotopic (exact) mass is 230 g/mol. The molecule has 0 fully saturated rings. The molecule has 0 N–H and O–H groups in total. The highest BCUT2D eigenvalue weighted by Gasteiger charge is 2.03. The minimum absolute atomic E-state index is 0.869. The van der Waals surface area contributed by atoms with E-state index < -0.39 is 0 Å². The van der Waals surface area contributed by atoms with Crippen molar-refractivity contribution in [3.05, 3.63) is 47.5 Å². The summed E-state index contributed by atoms with van der Waals surface area (Å²) >= 11 is 0. The van der Waals surface area contributed by atoms with E-state index in [-0.39, 0.29) is 0 Å². The lowest BCUT2D eigenvalue weighted by Crippen LogP contribution is -2.02. The van der Waals surface area contributed by atoms with Crippen molar-refractivity contribution in [2.45, 2.75) is 26.8 Å². The Balaban J connectivity index is 2.22. The third kappa shape index (κ3) is 2.49. The van der Waals surface area contributed by atoms with Crippen LogP contribution >= 0.6 is 0 Å². The number of hydrogen-bond acceptors (Lipinski definition) is 2. The molecule has 0 aliphatic heterocycles. The smallest absolute Gasteiger partial charge is 0.121 e. The molecular weight excluding hydrogens is 212 g/mol. The van der Waals surface area contributed by atoms with Gasteiger partial charge < -0.3 is 9.30 Å². The van der Waals surface area contributed by atoms with Gasteiger partial charge >= 0.3 is 0 Å². The first kappa shape index (κ1) is 11.7. The van der Waals surface area contributed by atoms with Crippen molar-refractivity contribution < 1.29 is 4.74 Å². The molecule has 0 saturated carbocycles. The normalized spacial score (nSPS) is 10.5. The molecule has 3 heteroatoms. The van der Waals surface area contributed by atoms with Crippen LogP contribution in [0.5, 0.6) is 5.75 Å². The highest BCUT2D eigenvalue weighted by atomic mass is 16.5. The number of hydrogen-bond donors (Lipinski definition) is 0. The Bertz CT molecular complexity index is 503. The maximum absolute atomic E-state index is 5.26. The fraction of sp³-hybridized carbons (Fsp3) is 0.357. The molecule has 1 heterocycles. The van der Waals surface area contributed by atoms with Crippen LogP contribution in [-0.2, 0) is 13.0 Å². The first-order chi connectivity index (χ1) is 8.24. The van der Waals surface area contributed by atoms with Crippen LogP contribution in [0.15, 0.2) is 30.7 Å². The summed E-state index contributed by atoms with van der Waals surface area (Å²) in [5, 5.41) is 0. The standard InChI is InChI=1S/C14H18N2O/c1-4-13-8-15-10-16(13)9-12-5-6-14(17-3)11(2)7-12/h5-8,10H,4,9H2,1-3H3. The van der Waals surface area contributed by atoms with Crippen LogP contribution in [-0.4, -0.2) is 16.7 Å². The molecular formula is C14H18N2O. The molecule has 0 radical (unpaired) electrons. The number of ether oxygens (including phenoxy) is 1. The zero-order valence-electron chi connectivity index (χ0n) is 10.6. The summed E-state index contributed by atoms with van der Waals surface area (Å²) in [6, 6.07) is 6.29. The Labute approximate surface area is 102 Å². The fourth-order valence-corrected chi connectivity index (χ4v) is 2.02. The van der Waals surface area contributed by atoms with Gasteiger partial charge in [0.15, 0.2) is 0 Å². The maximum atomic E-state index is 5.26. The van der Waals surface area contributed by atoms with Crippen molar-refractivity contribution in [3.63, 3.8) is 0 Å². The number of imidazole rings is 1. The van der Waals surface area contributed by atoms with E-state index in [2.05, 4.69) is 35.5 Å². The van der Waals surface area contributed by atoms with E-state index in [0.717, 1.165) is 18.7 Å². The molecule has 2 aromatic rings. The van der Waals surface area contributed by atoms with Crippen LogP contribution in [0.3, 0.4) is 0 Å². The van der Waals surface area contributed by atoms with Gasteiger partial charge in [0.2, 0.25) is 0 Å². The van der Waals surface area contributed by atoms with Gasteiger partial charge in [-0.3, -0.25) is 0 Å². The number of aryl methyl sites for hydroxylation is 2. The minimum Gasteiger partial charge on any atom is -0.496 e. The number of methoxy groups -OCH3 is 1. The Morgan fingerprint density at radius 2 is 2.18 bits per heavy atom. The van der Waals surface area contributed by atoms with Crippen LogP contribution < -0.4 is 4.74 Å². The molecule has 3 nitrogen and oxygen atoms in total. The van der Waals surface area contributed by atoms with E-state index in [1.54, 1.807) is 7.11 Å². The first-order valence-electron chi connectivity index (χ1n) is 5.87. The van der Waals surface area contributed by atoms with Gasteiger partial charge in [-0.15, -0.1) is 0 Å². The van der Waals surface area contributed by atoms with Gasteiger partial charge in [-0.25, -0.2) is 4.98 Å². The zero-order valence-corrected chi connectivity index (χ0v) is 10.6. The predicted octanol–water partition coefficient (Wildman–Crippen LogP) is 2.81. The second-order valence-electron chi connectivity index (χ2n) is 4.17. The van der Waals surface area contributed by atoms with Crippen LogP contribution in [0.25, 0.3) is 0 Å². The first-order valence-corrected chi connectivity index (χ1v) is 5.87. The number of benzene rings is 1. The van der Waals surface area contributed by atoms with Gasteiger partial charge in [0.05, 0.1) is 13.4 Å². The van der Waals surface area contributed by atoms with Gasteiger partial charge in [-0.05, 0) is 30.5 Å². The van der Waals surface area contributed by atoms with Crippen molar-refractivity contribution in [2.75, 3.05) is 7.11 Å². The molecule has 0 aliphatic rings. The van der Waals surface area contributed by atoms with Gasteiger partial charge in [0.1, 0.15) is 5.75 Å². The van der Waals surface area contributed by atoms with E-state index in [9.17, 15) is 0 Å². The summed E-state index contributed by atoms with van der Waals surface area (Å²) in [7, 11) is 1.70. The highest BCUT2D eigenvalue weighted by molar-refractivity contribution is 5.36. The molecule has 90 valence electrons. The van der Waals surface area contributed by atoms with Gasteiger partial charge in [-0.2, -0.15) is 0 Å². The lowest BCUT2D eigenvalue weighted by atomic mass is 10.1. The summed E-state index contributed by atoms with van der Waals surface area (Å²) < 4.78 is 7.44. The molecule has 0 spiro atoms. The van der Waals surface area contributed by atoms with E-state index in [1.165, 1.54) is 16.8 Å². The predicted molar refractivity (Wildman–Crippen MR) is 68.4 cm³/mol. The SMILES string of the molecule is CCc1cncn1Cc1ccc(OC)c(C)c1. The van der Waals surface area contributed by atoms with E-state index >= 15 is 0 Å². The number of nitrogens with zero attached hydrogens (tertiary/aromatic N) is 2. The summed E-state index contributed by atoms with van der Waals surface area (Å²) in [5.74, 6) is 0.940. The van der Waals surface area contributed by atoms with Crippen LogP contribution in [0, 0.1) is 6.92 Å². The second-order valence-corrected chi connectivity index (χ2v) is 4.17. The average Bonchev–Trinajstić information content (AvgIpc) is 2.76. The lowest BCUT2D eigenvalue weighted by molar-refractivity contribution is 0.411. The molecule has 0 saturated heterocycles. The summed E-state index contributed by atoms with van der Waals surface area (Å²) in [6.45, 7) is 5.08. The topological polar surface area (TPSA) is 27.1 Å². The Hall–Kier alpha value is -1.77. The zero-order chi connectivity index (χ0) is 12.3. The van der Waals surface area contributed by atoms with Gasteiger partial charge in [0, 0.05) is 18.4 Å².